The molecule has 158 valence electrons. The Morgan fingerprint density at radius 1 is 0.935 bits per heavy atom. The second kappa shape index (κ2) is 9.06. The maximum absolute atomic E-state index is 13.2. The first-order valence-corrected chi connectivity index (χ1v) is 10.2. The Balaban J connectivity index is 1.48. The standard InChI is InChI=1S/C23H20ClN3O4/c24-17-10-11-20(21(16-17)27(29)30)25-12-14-26(15-13-25)23(28)19-8-4-5-9-22(19)31-18-6-2-1-3-7-18/h1-11,16H,12-15H2. The Hall–Kier alpha value is -3.58. The van der Waals surface area contributed by atoms with Gasteiger partial charge in [-0.1, -0.05) is 41.9 Å². The summed E-state index contributed by atoms with van der Waals surface area (Å²) in [6.07, 6.45) is 0. The Kier molecular flexibility index (Phi) is 6.04. The smallest absolute Gasteiger partial charge is 0.294 e. The number of carbonyl (C=O) groups is 1. The summed E-state index contributed by atoms with van der Waals surface area (Å²) in [5.74, 6) is 1.02. The van der Waals surface area contributed by atoms with Gasteiger partial charge < -0.3 is 14.5 Å². The fraction of sp³-hybridized carbons (Fsp3) is 0.174. The SMILES string of the molecule is O=C(c1ccccc1Oc1ccccc1)N1CCN(c2ccc(Cl)cc2[N+](=O)[O-])CC1. The second-order valence-electron chi connectivity index (χ2n) is 7.08. The van der Waals surface area contributed by atoms with E-state index in [0.29, 0.717) is 54.0 Å². The van der Waals surface area contributed by atoms with Gasteiger partial charge in [0.05, 0.1) is 10.5 Å². The molecule has 7 nitrogen and oxygen atoms in total. The molecule has 3 aromatic carbocycles. The highest BCUT2D eigenvalue weighted by Crippen LogP contribution is 2.32. The van der Waals surface area contributed by atoms with E-state index < -0.39 is 4.92 Å². The summed E-state index contributed by atoms with van der Waals surface area (Å²) in [5.41, 5.74) is 0.959. The van der Waals surface area contributed by atoms with Gasteiger partial charge >= 0.3 is 0 Å². The molecule has 1 heterocycles. The molecule has 4 rings (SSSR count). The number of anilines is 1. The predicted octanol–water partition coefficient (Wildman–Crippen LogP) is 5.00. The Morgan fingerprint density at radius 3 is 2.32 bits per heavy atom. The number of nitro benzene ring substituents is 1. The van der Waals surface area contributed by atoms with E-state index >= 15 is 0 Å². The number of ether oxygens (including phenoxy) is 1. The van der Waals surface area contributed by atoms with Crippen LogP contribution in [0, 0.1) is 10.1 Å². The van der Waals surface area contributed by atoms with E-state index in [1.165, 1.54) is 6.07 Å². The van der Waals surface area contributed by atoms with Crippen molar-refractivity contribution in [2.24, 2.45) is 0 Å². The molecule has 1 saturated heterocycles. The van der Waals surface area contributed by atoms with E-state index in [1.54, 1.807) is 35.2 Å². The maximum atomic E-state index is 13.2. The largest absolute Gasteiger partial charge is 0.457 e. The van der Waals surface area contributed by atoms with Crippen LogP contribution in [0.2, 0.25) is 5.02 Å². The Morgan fingerprint density at radius 2 is 1.61 bits per heavy atom. The number of piperazine rings is 1. The summed E-state index contributed by atoms with van der Waals surface area (Å²) in [5, 5.41) is 11.7. The van der Waals surface area contributed by atoms with Crippen molar-refractivity contribution in [1.82, 2.24) is 4.90 Å². The van der Waals surface area contributed by atoms with Gasteiger partial charge in [-0.15, -0.1) is 0 Å². The van der Waals surface area contributed by atoms with Gasteiger partial charge in [0.1, 0.15) is 17.2 Å². The van der Waals surface area contributed by atoms with Crippen LogP contribution in [0.5, 0.6) is 11.5 Å². The number of hydrogen-bond acceptors (Lipinski definition) is 5. The molecule has 0 atom stereocenters. The molecule has 0 unspecified atom stereocenters. The number of hydrogen-bond donors (Lipinski definition) is 0. The third-order valence-corrected chi connectivity index (χ3v) is 5.37. The first kappa shape index (κ1) is 20.7. The first-order valence-electron chi connectivity index (χ1n) is 9.83. The van der Waals surface area contributed by atoms with Crippen molar-refractivity contribution in [3.63, 3.8) is 0 Å². The summed E-state index contributed by atoms with van der Waals surface area (Å²) in [4.78, 5) is 27.8. The first-order chi connectivity index (χ1) is 15.0. The van der Waals surface area contributed by atoms with Crippen LogP contribution >= 0.6 is 11.6 Å². The fourth-order valence-corrected chi connectivity index (χ4v) is 3.75. The number of benzene rings is 3. The molecule has 1 aliphatic heterocycles. The zero-order chi connectivity index (χ0) is 21.8. The van der Waals surface area contributed by atoms with Gasteiger partial charge in [0.15, 0.2) is 0 Å². The highest BCUT2D eigenvalue weighted by molar-refractivity contribution is 6.30. The molecule has 1 fully saturated rings. The van der Waals surface area contributed by atoms with E-state index in [1.807, 2.05) is 41.3 Å². The second-order valence-corrected chi connectivity index (χ2v) is 7.52. The van der Waals surface area contributed by atoms with E-state index in [2.05, 4.69) is 0 Å². The van der Waals surface area contributed by atoms with E-state index in [4.69, 9.17) is 16.3 Å². The molecule has 0 bridgehead atoms. The minimum atomic E-state index is -0.435. The van der Waals surface area contributed by atoms with Crippen molar-refractivity contribution in [3.05, 3.63) is 93.5 Å². The molecule has 1 aliphatic rings. The molecule has 8 heteroatoms. The van der Waals surface area contributed by atoms with Crippen molar-refractivity contribution in [3.8, 4) is 11.5 Å². The monoisotopic (exact) mass is 437 g/mol. The molecule has 1 amide bonds. The van der Waals surface area contributed by atoms with Gasteiger partial charge in [-0.05, 0) is 36.4 Å². The normalized spacial score (nSPS) is 13.7. The molecule has 3 aromatic rings. The van der Waals surface area contributed by atoms with E-state index in [0.717, 1.165) is 0 Å². The van der Waals surface area contributed by atoms with Crippen molar-refractivity contribution in [2.45, 2.75) is 0 Å². The number of nitrogens with zero attached hydrogens (tertiary/aromatic N) is 3. The minimum Gasteiger partial charge on any atom is -0.457 e. The number of nitro groups is 1. The zero-order valence-corrected chi connectivity index (χ0v) is 17.4. The van der Waals surface area contributed by atoms with Gasteiger partial charge in [-0.2, -0.15) is 0 Å². The summed E-state index contributed by atoms with van der Waals surface area (Å²) >= 11 is 5.92. The highest BCUT2D eigenvalue weighted by atomic mass is 35.5. The van der Waals surface area contributed by atoms with Crippen molar-refractivity contribution in [1.29, 1.82) is 0 Å². The summed E-state index contributed by atoms with van der Waals surface area (Å²) in [7, 11) is 0. The average molecular weight is 438 g/mol. The van der Waals surface area contributed by atoms with E-state index in [-0.39, 0.29) is 11.6 Å². The molecule has 0 radical (unpaired) electrons. The lowest BCUT2D eigenvalue weighted by Gasteiger charge is -2.36. The Bertz CT molecular complexity index is 1100. The molecule has 0 aliphatic carbocycles. The summed E-state index contributed by atoms with van der Waals surface area (Å²) < 4.78 is 5.92. The number of rotatable bonds is 5. The number of halogens is 1. The average Bonchev–Trinajstić information content (AvgIpc) is 2.80. The number of carbonyl (C=O) groups excluding carboxylic acids is 1. The van der Waals surface area contributed by atoms with Gasteiger partial charge in [0, 0.05) is 37.3 Å². The van der Waals surface area contributed by atoms with Crippen molar-refractivity contribution < 1.29 is 14.5 Å². The maximum Gasteiger partial charge on any atom is 0.294 e. The van der Waals surface area contributed by atoms with Crippen LogP contribution in [0.4, 0.5) is 11.4 Å². The van der Waals surface area contributed by atoms with Crippen LogP contribution in [0.25, 0.3) is 0 Å². The van der Waals surface area contributed by atoms with Crippen LogP contribution in [-0.4, -0.2) is 41.9 Å². The Labute approximate surface area is 184 Å². The third kappa shape index (κ3) is 4.62. The van der Waals surface area contributed by atoms with Crippen LogP contribution in [-0.2, 0) is 0 Å². The molecular formula is C23H20ClN3O4. The van der Waals surface area contributed by atoms with Crippen molar-refractivity contribution in [2.75, 3.05) is 31.1 Å². The van der Waals surface area contributed by atoms with Gasteiger partial charge in [0.25, 0.3) is 11.6 Å². The predicted molar refractivity (Wildman–Crippen MR) is 119 cm³/mol. The summed E-state index contributed by atoms with van der Waals surface area (Å²) in [6, 6.07) is 21.1. The molecule has 31 heavy (non-hydrogen) atoms. The van der Waals surface area contributed by atoms with Crippen LogP contribution in [0.3, 0.4) is 0 Å². The lowest BCUT2D eigenvalue weighted by Crippen LogP contribution is -2.49. The lowest BCUT2D eigenvalue weighted by atomic mass is 10.1. The molecule has 0 aromatic heterocycles. The van der Waals surface area contributed by atoms with Crippen LogP contribution in [0.1, 0.15) is 10.4 Å². The van der Waals surface area contributed by atoms with Gasteiger partial charge in [0.2, 0.25) is 0 Å². The van der Waals surface area contributed by atoms with E-state index in [9.17, 15) is 14.9 Å². The van der Waals surface area contributed by atoms with Crippen LogP contribution in [0.15, 0.2) is 72.8 Å². The third-order valence-electron chi connectivity index (χ3n) is 5.13. The quantitative estimate of drug-likeness (QED) is 0.414. The minimum absolute atomic E-state index is 0.0334. The topological polar surface area (TPSA) is 75.9 Å². The van der Waals surface area contributed by atoms with Crippen LogP contribution < -0.4 is 9.64 Å². The molecule has 0 saturated carbocycles. The van der Waals surface area contributed by atoms with Crippen molar-refractivity contribution >= 4 is 28.9 Å². The number of para-hydroxylation sites is 2. The van der Waals surface area contributed by atoms with Gasteiger partial charge in [-0.3, -0.25) is 14.9 Å². The summed E-state index contributed by atoms with van der Waals surface area (Å²) in [6.45, 7) is 1.85. The molecular weight excluding hydrogens is 418 g/mol. The highest BCUT2D eigenvalue weighted by Gasteiger charge is 2.27. The van der Waals surface area contributed by atoms with Gasteiger partial charge in [-0.25, -0.2) is 0 Å². The molecule has 0 spiro atoms. The zero-order valence-electron chi connectivity index (χ0n) is 16.6. The lowest BCUT2D eigenvalue weighted by molar-refractivity contribution is -0.384. The fourth-order valence-electron chi connectivity index (χ4n) is 3.58. The number of amides is 1. The molecule has 0 N–H and O–H groups in total.